The molecule has 4 aliphatic heterocycles. The number of nitrogens with one attached hydrogen (secondary N) is 4. The first-order valence-corrected chi connectivity index (χ1v) is 32.9. The number of amides is 6. The minimum Gasteiger partial charge on any atom is -0.394 e. The van der Waals surface area contributed by atoms with Gasteiger partial charge in [-0.1, -0.05) is 91.0 Å². The smallest absolute Gasteiger partial charge is 0.254 e. The quantitative estimate of drug-likeness (QED) is 0.0372. The maximum absolute atomic E-state index is 12.2. The number of carbonyl (C=O) groups excluding carboxylic acids is 6. The first kappa shape index (κ1) is 69.2. The van der Waals surface area contributed by atoms with Crippen molar-refractivity contribution in [2.75, 3.05) is 75.0 Å². The van der Waals surface area contributed by atoms with Crippen LogP contribution in [0.5, 0.6) is 0 Å². The van der Waals surface area contributed by atoms with Crippen molar-refractivity contribution in [3.8, 4) is 18.2 Å². The van der Waals surface area contributed by atoms with E-state index >= 15 is 0 Å². The Morgan fingerprint density at radius 2 is 0.906 bits per heavy atom. The predicted octanol–water partition coefficient (Wildman–Crippen LogP) is 5.62. The second-order valence-corrected chi connectivity index (χ2v) is 25.9. The van der Waals surface area contributed by atoms with Crippen molar-refractivity contribution < 1.29 is 43.7 Å². The van der Waals surface area contributed by atoms with Crippen LogP contribution >= 0.6 is 0 Å². The molecule has 96 heavy (non-hydrogen) atoms. The van der Waals surface area contributed by atoms with Gasteiger partial charge in [0, 0.05) is 69.1 Å². The molecule has 7 heterocycles. The molecule has 27 heteroatoms. The molecule has 7 fully saturated rings. The Bertz CT molecular complexity index is 3820. The fraction of sp³-hybridized carbons (Fsp3) is 0.478. The zero-order chi connectivity index (χ0) is 68.0. The van der Waals surface area contributed by atoms with Gasteiger partial charge < -0.3 is 58.3 Å². The zero-order valence-electron chi connectivity index (χ0n) is 53.7. The molecule has 3 atom stereocenters. The first-order valence-electron chi connectivity index (χ1n) is 32.9. The number of benzene rings is 3. The summed E-state index contributed by atoms with van der Waals surface area (Å²) in [6.45, 7) is 5.59. The number of piperidine rings is 3. The molecular formula is C69H84N18O9. The van der Waals surface area contributed by atoms with Gasteiger partial charge in [0.05, 0.1) is 79.4 Å². The number of ether oxygens (including phenoxy) is 1. The Hall–Kier alpha value is -9.66. The maximum Gasteiger partial charge on any atom is 0.254 e. The molecule has 0 bridgehead atoms. The summed E-state index contributed by atoms with van der Waals surface area (Å²) in [7, 11) is 0. The minimum absolute atomic E-state index is 0.000201. The average Bonchev–Trinajstić information content (AvgIpc) is 1.60. The van der Waals surface area contributed by atoms with Gasteiger partial charge in [0.15, 0.2) is 17.5 Å². The van der Waals surface area contributed by atoms with Crippen molar-refractivity contribution in [2.24, 2.45) is 35.0 Å². The van der Waals surface area contributed by atoms with Crippen LogP contribution in [0, 0.1) is 51.7 Å². The number of aliphatic hydroxyl groups is 2. The average molecular weight is 1310 g/mol. The number of anilines is 3. The lowest BCUT2D eigenvalue weighted by atomic mass is 9.84. The standard InChI is InChI=1S/2C23H28N6O3.C15H20N6O2.C8H8O/c24-11-8-23(9-12-28(13-10-23)19(15-30)16-4-2-1-3-5-16)29-14-18(20(25)31)21(27-29)26-22(32)17-6-7-17;24-11-8-23(9-12-28(13-10-23)15-19(30)16-4-2-1-3-5-16)29-14-18(20(25)31)21(27-29)26-22(32)17-6-7-17;16-6-3-15(4-7-18-8-5-15)21-9-11(12(17)22)13(20-21)19-14(23)10-1-2-10;1-2-4-7(5-3-1)8-6-9-8/h2*1-5,14,17,19,30H,6-10,12-13,15H2,(H2,25,31)(H,26,27,32);9-10,18H,1-5,7-8H2,(H2,17,22)(H,19,20,23);1-5,8H,6H2. The number of epoxide rings is 1. The number of carbonyl (C=O) groups is 6. The van der Waals surface area contributed by atoms with Crippen molar-refractivity contribution in [1.82, 2.24) is 44.5 Å². The summed E-state index contributed by atoms with van der Waals surface area (Å²) < 4.78 is 10.0. The highest BCUT2D eigenvalue weighted by atomic mass is 16.6. The number of aromatic nitrogens is 6. The lowest BCUT2D eigenvalue weighted by Gasteiger charge is -2.43. The molecule has 504 valence electrons. The monoisotopic (exact) mass is 1310 g/mol. The number of nitriles is 3. The van der Waals surface area contributed by atoms with Crippen LogP contribution in [0.2, 0.25) is 0 Å². The second kappa shape index (κ2) is 31.3. The highest BCUT2D eigenvalue weighted by Gasteiger charge is 2.43. The number of rotatable bonds is 22. The molecule has 4 saturated heterocycles. The van der Waals surface area contributed by atoms with Crippen molar-refractivity contribution in [3.05, 3.63) is 143 Å². The summed E-state index contributed by atoms with van der Waals surface area (Å²) in [5, 5.41) is 73.6. The van der Waals surface area contributed by atoms with Crippen LogP contribution in [0.1, 0.15) is 162 Å². The molecule has 27 nitrogen and oxygen atoms in total. The van der Waals surface area contributed by atoms with E-state index in [-0.39, 0.29) is 95.1 Å². The summed E-state index contributed by atoms with van der Waals surface area (Å²) in [5.74, 6) is -1.96. The van der Waals surface area contributed by atoms with Gasteiger partial charge in [-0.15, -0.1) is 0 Å². The fourth-order valence-electron chi connectivity index (χ4n) is 12.6. The second-order valence-electron chi connectivity index (χ2n) is 25.9. The van der Waals surface area contributed by atoms with E-state index in [9.17, 15) is 54.8 Å². The maximum atomic E-state index is 12.2. The van der Waals surface area contributed by atoms with Crippen LogP contribution in [0.15, 0.2) is 110 Å². The Balaban J connectivity index is 0.000000148. The number of nitrogens with two attached hydrogens (primary N) is 3. The van der Waals surface area contributed by atoms with E-state index in [0.717, 1.165) is 82.2 Å². The van der Waals surface area contributed by atoms with Gasteiger partial charge in [-0.25, -0.2) is 0 Å². The van der Waals surface area contributed by atoms with E-state index in [1.165, 1.54) is 5.56 Å². The topological polar surface area (TPSA) is 413 Å². The van der Waals surface area contributed by atoms with Gasteiger partial charge in [0.1, 0.15) is 22.8 Å². The molecule has 3 unspecified atom stereocenters. The van der Waals surface area contributed by atoms with Crippen LogP contribution < -0.4 is 38.5 Å². The third kappa shape index (κ3) is 17.2. The van der Waals surface area contributed by atoms with E-state index in [1.54, 1.807) is 32.6 Å². The third-order valence-electron chi connectivity index (χ3n) is 19.2. The molecule has 3 aliphatic carbocycles. The lowest BCUT2D eigenvalue weighted by Crippen LogP contribution is -2.48. The van der Waals surface area contributed by atoms with Gasteiger partial charge in [-0.05, 0) is 107 Å². The van der Waals surface area contributed by atoms with E-state index in [2.05, 4.69) is 76.7 Å². The molecule has 12 N–H and O–H groups in total. The van der Waals surface area contributed by atoms with Gasteiger partial charge in [0.2, 0.25) is 17.7 Å². The Morgan fingerprint density at radius 3 is 1.25 bits per heavy atom. The summed E-state index contributed by atoms with van der Waals surface area (Å²) in [6.07, 6.45) is 14.2. The lowest BCUT2D eigenvalue weighted by molar-refractivity contribution is -0.118. The van der Waals surface area contributed by atoms with E-state index < -0.39 is 40.4 Å². The van der Waals surface area contributed by atoms with Crippen molar-refractivity contribution in [1.29, 1.82) is 15.8 Å². The number of nitrogens with zero attached hydrogens (tertiary/aromatic N) is 11. The van der Waals surface area contributed by atoms with Crippen LogP contribution in [0.3, 0.4) is 0 Å². The Kier molecular flexibility index (Phi) is 22.5. The molecule has 3 aromatic heterocycles. The molecule has 6 aromatic rings. The molecule has 3 aromatic carbocycles. The number of hydrogen-bond acceptors (Lipinski definition) is 18. The Labute approximate surface area is 556 Å². The molecule has 0 radical (unpaired) electrons. The summed E-state index contributed by atoms with van der Waals surface area (Å²) in [6, 6.07) is 36.3. The van der Waals surface area contributed by atoms with E-state index in [0.29, 0.717) is 70.9 Å². The number of hydrogen-bond donors (Lipinski definition) is 9. The van der Waals surface area contributed by atoms with E-state index in [4.69, 9.17) is 21.9 Å². The van der Waals surface area contributed by atoms with Crippen LogP contribution in [0.4, 0.5) is 17.5 Å². The van der Waals surface area contributed by atoms with Crippen LogP contribution in [0.25, 0.3) is 0 Å². The summed E-state index contributed by atoms with van der Waals surface area (Å²) >= 11 is 0. The number of likely N-dealkylation sites (tertiary alicyclic amines) is 2. The van der Waals surface area contributed by atoms with Crippen molar-refractivity contribution in [2.45, 2.75) is 131 Å². The Morgan fingerprint density at radius 1 is 0.552 bits per heavy atom. The van der Waals surface area contributed by atoms with Gasteiger partial charge in [0.25, 0.3) is 17.7 Å². The van der Waals surface area contributed by atoms with E-state index in [1.807, 2.05) is 78.9 Å². The zero-order valence-corrected chi connectivity index (χ0v) is 53.7. The predicted molar refractivity (Wildman–Crippen MR) is 352 cm³/mol. The molecule has 7 aliphatic rings. The summed E-state index contributed by atoms with van der Waals surface area (Å²) in [5.41, 5.74) is 18.5. The fourth-order valence-corrected chi connectivity index (χ4v) is 12.6. The van der Waals surface area contributed by atoms with Crippen molar-refractivity contribution in [3.63, 3.8) is 0 Å². The molecule has 6 amide bonds. The summed E-state index contributed by atoms with van der Waals surface area (Å²) in [4.78, 5) is 76.4. The molecule has 0 spiro atoms. The van der Waals surface area contributed by atoms with Crippen LogP contribution in [-0.2, 0) is 35.7 Å². The van der Waals surface area contributed by atoms with Gasteiger partial charge in [-0.3, -0.25) is 47.7 Å². The third-order valence-corrected chi connectivity index (χ3v) is 19.2. The molecule has 13 rings (SSSR count). The normalized spacial score (nSPS) is 19.7. The largest absolute Gasteiger partial charge is 0.394 e. The highest BCUT2D eigenvalue weighted by Crippen LogP contribution is 2.40. The molecular weight excluding hydrogens is 1220 g/mol. The number of aliphatic hydroxyl groups excluding tert-OH is 2. The molecule has 3 saturated carbocycles. The van der Waals surface area contributed by atoms with Gasteiger partial charge >= 0.3 is 0 Å². The van der Waals surface area contributed by atoms with Gasteiger partial charge in [-0.2, -0.15) is 31.1 Å². The number of β-amino-alcohol motifs (C(OH)–C–C–N with tert-alkyl or cyclic N) is 1. The van der Waals surface area contributed by atoms with Crippen molar-refractivity contribution >= 4 is 52.9 Å². The minimum atomic E-state index is -0.670. The highest BCUT2D eigenvalue weighted by molar-refractivity contribution is 6.04. The van der Waals surface area contributed by atoms with Crippen LogP contribution in [-0.4, -0.2) is 144 Å². The number of primary amides is 3. The SMILES string of the molecule is N#CCC1(n2cc(C(N)=O)c(NC(=O)C3CC3)n2)CCN(C(CO)c2ccccc2)CC1.N#CCC1(n2cc(C(N)=O)c(NC(=O)C3CC3)n2)CCN(CC(O)c2ccccc2)CC1.N#CCC1(n2cc(C(N)=O)c(NC(=O)C3CC3)n2)CCNCC1.c1ccc(C2CO2)cc1. The first-order chi connectivity index (χ1) is 46.4.